The first-order valence-electron chi connectivity index (χ1n) is 5.81. The van der Waals surface area contributed by atoms with E-state index < -0.39 is 0 Å². The second kappa shape index (κ2) is 7.02. The van der Waals surface area contributed by atoms with Crippen molar-refractivity contribution in [1.29, 1.82) is 0 Å². The van der Waals surface area contributed by atoms with Gasteiger partial charge >= 0.3 is 0 Å². The molecule has 1 unspecified atom stereocenters. The summed E-state index contributed by atoms with van der Waals surface area (Å²) in [6, 6.07) is 0. The Kier molecular flexibility index (Phi) is 7.22. The zero-order valence-corrected chi connectivity index (χ0v) is 11.6. The van der Waals surface area contributed by atoms with Crippen LogP contribution in [0.2, 0.25) is 0 Å². The minimum absolute atomic E-state index is 0. The van der Waals surface area contributed by atoms with Gasteiger partial charge < -0.3 is 15.3 Å². The Hall–Kier alpha value is 0.460. The van der Waals surface area contributed by atoms with Gasteiger partial charge in [-0.3, -0.25) is 0 Å². The molecule has 2 N–H and O–H groups in total. The van der Waals surface area contributed by atoms with Gasteiger partial charge in [-0.2, -0.15) is 0 Å². The lowest BCUT2D eigenvalue weighted by Crippen LogP contribution is -2.53. The van der Waals surface area contributed by atoms with E-state index in [4.69, 9.17) is 0 Å². The van der Waals surface area contributed by atoms with Gasteiger partial charge in [0.2, 0.25) is 0 Å². The number of nitrogens with zero attached hydrogens (tertiary/aromatic N) is 1. The number of aliphatic hydroxyl groups is 1. The molecule has 3 nitrogen and oxygen atoms in total. The number of likely N-dealkylation sites (tertiary alicyclic amines) is 1. The van der Waals surface area contributed by atoms with Crippen LogP contribution in [0, 0.1) is 5.92 Å². The normalized spacial score (nSPS) is 31.9. The van der Waals surface area contributed by atoms with Crippen molar-refractivity contribution >= 4 is 24.8 Å². The summed E-state index contributed by atoms with van der Waals surface area (Å²) in [6.45, 7) is 3.79. The molecule has 2 heterocycles. The minimum atomic E-state index is 0. The lowest BCUT2D eigenvalue weighted by atomic mass is 9.77. The maximum atomic E-state index is 9.56. The zero-order valence-electron chi connectivity index (χ0n) is 9.95. The van der Waals surface area contributed by atoms with Gasteiger partial charge in [-0.05, 0) is 58.3 Å². The minimum Gasteiger partial charge on any atom is -0.394 e. The van der Waals surface area contributed by atoms with E-state index in [1.165, 1.54) is 32.4 Å². The summed E-state index contributed by atoms with van der Waals surface area (Å²) < 4.78 is 0. The summed E-state index contributed by atoms with van der Waals surface area (Å²) in [5, 5.41) is 13.1. The molecule has 2 fully saturated rings. The Morgan fingerprint density at radius 1 is 1.31 bits per heavy atom. The van der Waals surface area contributed by atoms with Crippen molar-refractivity contribution in [3.05, 3.63) is 0 Å². The van der Waals surface area contributed by atoms with Gasteiger partial charge in [-0.15, -0.1) is 24.8 Å². The van der Waals surface area contributed by atoms with E-state index in [1.807, 2.05) is 0 Å². The van der Waals surface area contributed by atoms with E-state index in [2.05, 4.69) is 17.3 Å². The van der Waals surface area contributed by atoms with Gasteiger partial charge in [0, 0.05) is 5.54 Å². The Balaban J connectivity index is 0.00000112. The summed E-state index contributed by atoms with van der Waals surface area (Å²) >= 11 is 0. The van der Waals surface area contributed by atoms with Crippen molar-refractivity contribution in [2.75, 3.05) is 33.3 Å². The molecular weight excluding hydrogens is 247 g/mol. The van der Waals surface area contributed by atoms with E-state index in [0.717, 1.165) is 13.0 Å². The van der Waals surface area contributed by atoms with E-state index in [1.54, 1.807) is 0 Å². The van der Waals surface area contributed by atoms with Crippen molar-refractivity contribution in [2.45, 2.75) is 31.2 Å². The predicted molar refractivity (Wildman–Crippen MR) is 71.8 cm³/mol. The van der Waals surface area contributed by atoms with Crippen LogP contribution in [-0.4, -0.2) is 48.8 Å². The summed E-state index contributed by atoms with van der Waals surface area (Å²) in [7, 11) is 2.18. The molecule has 0 saturated carbocycles. The van der Waals surface area contributed by atoms with E-state index >= 15 is 0 Å². The van der Waals surface area contributed by atoms with E-state index in [0.29, 0.717) is 12.5 Å². The van der Waals surface area contributed by atoms with Gasteiger partial charge in [-0.25, -0.2) is 0 Å². The first-order chi connectivity index (χ1) is 6.77. The molecule has 0 aromatic carbocycles. The first-order valence-corrected chi connectivity index (χ1v) is 5.81. The molecule has 1 atom stereocenters. The smallest absolute Gasteiger partial charge is 0.0616 e. The van der Waals surface area contributed by atoms with Gasteiger partial charge in [-0.1, -0.05) is 0 Å². The molecule has 5 heteroatoms. The molecule has 2 rings (SSSR count). The summed E-state index contributed by atoms with van der Waals surface area (Å²) in [4.78, 5) is 2.39. The van der Waals surface area contributed by atoms with Crippen LogP contribution >= 0.6 is 24.8 Å². The molecule has 0 aromatic heterocycles. The topological polar surface area (TPSA) is 35.5 Å². The number of halogens is 2. The Labute approximate surface area is 111 Å². The van der Waals surface area contributed by atoms with Crippen LogP contribution in [0.1, 0.15) is 25.7 Å². The third kappa shape index (κ3) is 3.23. The average molecular weight is 271 g/mol. The number of aliphatic hydroxyl groups excluding tert-OH is 1. The predicted octanol–water partition coefficient (Wildman–Crippen LogP) is 1.29. The maximum Gasteiger partial charge on any atom is 0.0616 e. The number of nitrogens with one attached hydrogen (secondary N) is 1. The fourth-order valence-corrected chi connectivity index (χ4v) is 3.00. The highest BCUT2D eigenvalue weighted by atomic mass is 35.5. The van der Waals surface area contributed by atoms with Crippen LogP contribution in [0.25, 0.3) is 0 Å². The lowest BCUT2D eigenvalue weighted by Gasteiger charge is -2.41. The van der Waals surface area contributed by atoms with Crippen LogP contribution < -0.4 is 5.32 Å². The quantitative estimate of drug-likeness (QED) is 0.794. The average Bonchev–Trinajstić information content (AvgIpc) is 2.68. The maximum absolute atomic E-state index is 9.56. The van der Waals surface area contributed by atoms with Crippen molar-refractivity contribution in [3.8, 4) is 0 Å². The summed E-state index contributed by atoms with van der Waals surface area (Å²) in [5.41, 5.74) is 0.0707. The van der Waals surface area contributed by atoms with Crippen molar-refractivity contribution < 1.29 is 5.11 Å². The summed E-state index contributed by atoms with van der Waals surface area (Å²) in [6.07, 6.45) is 4.87. The number of hydrogen-bond donors (Lipinski definition) is 2. The third-order valence-corrected chi connectivity index (χ3v) is 4.06. The van der Waals surface area contributed by atoms with Crippen LogP contribution in [0.3, 0.4) is 0 Å². The molecule has 0 spiro atoms. The number of rotatable bonds is 2. The molecular formula is C11H24Cl2N2O. The molecule has 0 aromatic rings. The Morgan fingerprint density at radius 2 is 1.94 bits per heavy atom. The second-order valence-corrected chi connectivity index (χ2v) is 4.92. The summed E-state index contributed by atoms with van der Waals surface area (Å²) in [5.74, 6) is 0.686. The SMILES string of the molecule is CN1CCC(C2(CO)CCCN2)CC1.Cl.Cl. The fourth-order valence-electron chi connectivity index (χ4n) is 3.00. The molecule has 0 bridgehead atoms. The van der Waals surface area contributed by atoms with Gasteiger partial charge in [0.05, 0.1) is 6.61 Å². The van der Waals surface area contributed by atoms with Crippen LogP contribution in [-0.2, 0) is 0 Å². The third-order valence-electron chi connectivity index (χ3n) is 4.06. The van der Waals surface area contributed by atoms with Crippen molar-refractivity contribution in [1.82, 2.24) is 10.2 Å². The van der Waals surface area contributed by atoms with E-state index in [-0.39, 0.29) is 30.4 Å². The highest BCUT2D eigenvalue weighted by Crippen LogP contribution is 2.34. The molecule has 2 aliphatic rings. The van der Waals surface area contributed by atoms with Gasteiger partial charge in [0.25, 0.3) is 0 Å². The van der Waals surface area contributed by atoms with Crippen molar-refractivity contribution in [2.24, 2.45) is 5.92 Å². The van der Waals surface area contributed by atoms with Crippen molar-refractivity contribution in [3.63, 3.8) is 0 Å². The zero-order chi connectivity index (χ0) is 10.0. The largest absolute Gasteiger partial charge is 0.394 e. The Bertz CT molecular complexity index is 190. The van der Waals surface area contributed by atoms with Gasteiger partial charge in [0.15, 0.2) is 0 Å². The first kappa shape index (κ1) is 16.5. The second-order valence-electron chi connectivity index (χ2n) is 4.92. The van der Waals surface area contributed by atoms with Crippen LogP contribution in [0.15, 0.2) is 0 Å². The highest BCUT2D eigenvalue weighted by molar-refractivity contribution is 5.85. The van der Waals surface area contributed by atoms with Crippen LogP contribution in [0.4, 0.5) is 0 Å². The van der Waals surface area contributed by atoms with Gasteiger partial charge in [0.1, 0.15) is 0 Å². The molecule has 98 valence electrons. The molecule has 0 radical (unpaired) electrons. The molecule has 0 amide bonds. The number of piperidine rings is 1. The molecule has 2 saturated heterocycles. The molecule has 2 aliphatic heterocycles. The lowest BCUT2D eigenvalue weighted by molar-refractivity contribution is 0.0772. The van der Waals surface area contributed by atoms with Crippen LogP contribution in [0.5, 0.6) is 0 Å². The molecule has 16 heavy (non-hydrogen) atoms. The standard InChI is InChI=1S/C11H22N2O.2ClH/c1-13-7-3-10(4-8-13)11(9-14)5-2-6-12-11;;/h10,12,14H,2-9H2,1H3;2*1H. The number of hydrogen-bond acceptors (Lipinski definition) is 3. The molecule has 0 aliphatic carbocycles. The van der Waals surface area contributed by atoms with E-state index in [9.17, 15) is 5.11 Å². The Morgan fingerprint density at radius 3 is 2.38 bits per heavy atom. The fraction of sp³-hybridized carbons (Fsp3) is 1.00. The monoisotopic (exact) mass is 270 g/mol. The highest BCUT2D eigenvalue weighted by Gasteiger charge is 2.41.